The molecule has 3 aromatic rings. The van der Waals surface area contributed by atoms with Crippen LogP contribution in [0.15, 0.2) is 30.7 Å². The maximum absolute atomic E-state index is 11.3. The summed E-state index contributed by atoms with van der Waals surface area (Å²) in [6.45, 7) is 1.58. The maximum Gasteiger partial charge on any atom is 0.226 e. The second-order valence-electron chi connectivity index (χ2n) is 9.28. The van der Waals surface area contributed by atoms with Crippen LogP contribution in [0.5, 0.6) is 5.88 Å². The Labute approximate surface area is 191 Å². The van der Waals surface area contributed by atoms with Gasteiger partial charge in [-0.25, -0.2) is 14.5 Å². The van der Waals surface area contributed by atoms with E-state index in [0.717, 1.165) is 60.1 Å². The number of hydrogen-bond donors (Lipinski definition) is 2. The Morgan fingerprint density at radius 3 is 2.76 bits per heavy atom. The first-order chi connectivity index (χ1) is 16.1. The lowest BCUT2D eigenvalue weighted by Crippen LogP contribution is -2.39. The van der Waals surface area contributed by atoms with Gasteiger partial charge in [0, 0.05) is 36.7 Å². The van der Waals surface area contributed by atoms with Gasteiger partial charge < -0.3 is 15.4 Å². The molecule has 0 aromatic carbocycles. The molecule has 33 heavy (non-hydrogen) atoms. The molecule has 0 aliphatic heterocycles. The van der Waals surface area contributed by atoms with Gasteiger partial charge in [-0.3, -0.25) is 4.79 Å². The van der Waals surface area contributed by atoms with Crippen molar-refractivity contribution in [2.75, 3.05) is 12.4 Å². The van der Waals surface area contributed by atoms with Gasteiger partial charge in [-0.05, 0) is 55.7 Å². The minimum Gasteiger partial charge on any atom is -0.480 e. The minimum absolute atomic E-state index is 0.0416. The van der Waals surface area contributed by atoms with Gasteiger partial charge in [0.1, 0.15) is 6.33 Å². The molecule has 0 radical (unpaired) electrons. The van der Waals surface area contributed by atoms with Crippen LogP contribution < -0.4 is 15.4 Å². The molecule has 6 rings (SSSR count). The summed E-state index contributed by atoms with van der Waals surface area (Å²) in [6, 6.07) is 4.60. The van der Waals surface area contributed by atoms with Gasteiger partial charge in [-0.1, -0.05) is 6.08 Å². The molecule has 9 nitrogen and oxygen atoms in total. The van der Waals surface area contributed by atoms with E-state index in [2.05, 4.69) is 32.9 Å². The Kier molecular flexibility index (Phi) is 4.78. The Morgan fingerprint density at radius 2 is 1.97 bits per heavy atom. The lowest BCUT2D eigenvalue weighted by molar-refractivity contribution is -0.119. The number of ether oxygens (including phenoxy) is 1. The topological polar surface area (TPSA) is 106 Å². The summed E-state index contributed by atoms with van der Waals surface area (Å²) in [5.41, 5.74) is 5.02. The molecule has 2 atom stereocenters. The van der Waals surface area contributed by atoms with E-state index in [1.165, 1.54) is 0 Å². The number of pyridine rings is 1. The van der Waals surface area contributed by atoms with Crippen LogP contribution in [0.2, 0.25) is 0 Å². The molecule has 9 heteroatoms. The molecule has 2 N–H and O–H groups in total. The van der Waals surface area contributed by atoms with Gasteiger partial charge in [-0.15, -0.1) is 0 Å². The summed E-state index contributed by atoms with van der Waals surface area (Å²) >= 11 is 0. The third-order valence-electron chi connectivity index (χ3n) is 6.99. The van der Waals surface area contributed by atoms with E-state index < -0.39 is 0 Å². The summed E-state index contributed by atoms with van der Waals surface area (Å²) < 4.78 is 7.57. The van der Waals surface area contributed by atoms with E-state index in [-0.39, 0.29) is 11.9 Å². The Hall–Kier alpha value is -3.49. The monoisotopic (exact) mass is 445 g/mol. The first-order valence-corrected chi connectivity index (χ1v) is 11.6. The molecular formula is C24H27N7O2. The number of hydrogen-bond acceptors (Lipinski definition) is 7. The van der Waals surface area contributed by atoms with E-state index in [1.807, 2.05) is 12.3 Å². The average molecular weight is 446 g/mol. The van der Waals surface area contributed by atoms with Crippen LogP contribution in [0.3, 0.4) is 0 Å². The van der Waals surface area contributed by atoms with E-state index in [9.17, 15) is 4.79 Å². The maximum atomic E-state index is 11.3. The summed E-state index contributed by atoms with van der Waals surface area (Å²) in [4.78, 5) is 25.3. The van der Waals surface area contributed by atoms with Crippen LogP contribution in [0.1, 0.15) is 61.8 Å². The average Bonchev–Trinajstić information content (AvgIpc) is 3.46. The summed E-state index contributed by atoms with van der Waals surface area (Å²) in [5, 5.41) is 10.9. The van der Waals surface area contributed by atoms with Gasteiger partial charge in [0.25, 0.3) is 0 Å². The summed E-state index contributed by atoms with van der Waals surface area (Å²) in [5.74, 6) is 2.20. The number of nitrogens with zero attached hydrogens (tertiary/aromatic N) is 5. The number of allylic oxidation sites excluding steroid dienone is 1. The lowest BCUT2D eigenvalue weighted by Gasteiger charge is -2.30. The zero-order valence-electron chi connectivity index (χ0n) is 18.8. The molecule has 2 fully saturated rings. The van der Waals surface area contributed by atoms with Crippen molar-refractivity contribution in [2.45, 2.75) is 57.0 Å². The Bertz CT molecular complexity index is 1260. The molecule has 3 aliphatic carbocycles. The number of rotatable bonds is 5. The van der Waals surface area contributed by atoms with E-state index >= 15 is 0 Å². The molecule has 3 heterocycles. The lowest BCUT2D eigenvalue weighted by atomic mass is 9.90. The molecule has 170 valence electrons. The minimum atomic E-state index is 0.0416. The molecule has 0 bridgehead atoms. The fourth-order valence-electron chi connectivity index (χ4n) is 5.27. The van der Waals surface area contributed by atoms with Crippen molar-refractivity contribution in [3.8, 4) is 5.88 Å². The second kappa shape index (κ2) is 7.83. The van der Waals surface area contributed by atoms with Crippen LogP contribution in [0.25, 0.3) is 11.2 Å². The van der Waals surface area contributed by atoms with Crippen LogP contribution >= 0.6 is 0 Å². The number of carbonyl (C=O) groups excluding carboxylic acids is 1. The van der Waals surface area contributed by atoms with Crippen LogP contribution in [0.4, 0.5) is 5.95 Å². The van der Waals surface area contributed by atoms with Crippen LogP contribution in [-0.4, -0.2) is 49.7 Å². The van der Waals surface area contributed by atoms with Gasteiger partial charge >= 0.3 is 0 Å². The van der Waals surface area contributed by atoms with Crippen LogP contribution in [0, 0.1) is 5.92 Å². The number of aromatic nitrogens is 5. The first-order valence-electron chi connectivity index (χ1n) is 11.6. The smallest absolute Gasteiger partial charge is 0.226 e. The number of amides is 1. The van der Waals surface area contributed by atoms with Gasteiger partial charge in [0.05, 0.1) is 18.4 Å². The van der Waals surface area contributed by atoms with Crippen molar-refractivity contribution in [3.05, 3.63) is 47.6 Å². The van der Waals surface area contributed by atoms with Crippen molar-refractivity contribution < 1.29 is 9.53 Å². The zero-order chi connectivity index (χ0) is 22.5. The highest BCUT2D eigenvalue weighted by Crippen LogP contribution is 2.56. The number of nitrogens with one attached hydrogen (secondary N) is 2. The fourth-order valence-corrected chi connectivity index (χ4v) is 5.27. The first kappa shape index (κ1) is 20.1. The predicted molar refractivity (Wildman–Crippen MR) is 123 cm³/mol. The molecule has 3 aliphatic rings. The van der Waals surface area contributed by atoms with Crippen molar-refractivity contribution in [1.29, 1.82) is 0 Å². The van der Waals surface area contributed by atoms with Crippen molar-refractivity contribution >= 4 is 23.1 Å². The van der Waals surface area contributed by atoms with Crippen molar-refractivity contribution in [2.24, 2.45) is 5.92 Å². The number of fused-ring (bicyclic) bond motifs is 4. The third kappa shape index (κ3) is 3.71. The Morgan fingerprint density at radius 1 is 1.15 bits per heavy atom. The standard InChI is InChI=1S/C24H27N7O2/c1-13(32)27-16-4-6-17(7-5-16)28-24-29-22-19-10-15(19)9-18(21(22)23(30-24)33-2)14-3-8-20-25-12-26-31(20)11-14/h3,8-9,11-12,15-17,19H,4-7,10H2,1-2H3,(H,27,32)(H,28,29,30)/t15-,16?,17?,19?/m0/s1. The van der Waals surface area contributed by atoms with Gasteiger partial charge in [-0.2, -0.15) is 10.1 Å². The van der Waals surface area contributed by atoms with E-state index in [4.69, 9.17) is 14.7 Å². The molecule has 1 unspecified atom stereocenters. The molecule has 2 saturated carbocycles. The quantitative estimate of drug-likeness (QED) is 0.622. The summed E-state index contributed by atoms with van der Waals surface area (Å²) in [7, 11) is 1.67. The number of carbonyl (C=O) groups is 1. The highest BCUT2D eigenvalue weighted by atomic mass is 16.5. The highest BCUT2D eigenvalue weighted by Gasteiger charge is 2.45. The van der Waals surface area contributed by atoms with E-state index in [1.54, 1.807) is 24.9 Å². The molecule has 0 spiro atoms. The van der Waals surface area contributed by atoms with Crippen LogP contribution in [-0.2, 0) is 4.79 Å². The molecule has 3 aromatic heterocycles. The molecular weight excluding hydrogens is 418 g/mol. The zero-order valence-corrected chi connectivity index (χ0v) is 18.8. The SMILES string of the molecule is COc1nc(NC2CCC(NC(C)=O)CC2)nc2c1C(c1ccc3ncnn3c1)=C[C@H]1CC21. The Balaban J connectivity index is 1.29. The number of methoxy groups -OCH3 is 1. The van der Waals surface area contributed by atoms with E-state index in [0.29, 0.717) is 29.7 Å². The summed E-state index contributed by atoms with van der Waals surface area (Å²) in [6.07, 6.45) is 10.9. The largest absolute Gasteiger partial charge is 0.480 e. The third-order valence-corrected chi connectivity index (χ3v) is 6.99. The van der Waals surface area contributed by atoms with Crippen molar-refractivity contribution in [1.82, 2.24) is 29.9 Å². The fraction of sp³-hybridized carbons (Fsp3) is 0.458. The molecule has 1 amide bonds. The van der Waals surface area contributed by atoms with Gasteiger partial charge in [0.2, 0.25) is 17.7 Å². The predicted octanol–water partition coefficient (Wildman–Crippen LogP) is 2.94. The highest BCUT2D eigenvalue weighted by molar-refractivity contribution is 5.86. The van der Waals surface area contributed by atoms with Crippen molar-refractivity contribution in [3.63, 3.8) is 0 Å². The normalized spacial score (nSPS) is 25.6. The number of anilines is 1. The van der Waals surface area contributed by atoms with Gasteiger partial charge in [0.15, 0.2) is 5.65 Å². The molecule has 0 saturated heterocycles. The second-order valence-corrected chi connectivity index (χ2v) is 9.28.